The Morgan fingerprint density at radius 2 is 1.77 bits per heavy atom. The predicted octanol–water partition coefficient (Wildman–Crippen LogP) is 3.11. The van der Waals surface area contributed by atoms with E-state index in [9.17, 15) is 13.2 Å². The molecule has 30 heavy (non-hydrogen) atoms. The SMILES string of the molecule is COc1ccc(OCCCC(=O)N(CCc2ccccc2)[C@@H]2CCS(=O)(=O)C2)cc1. The second kappa shape index (κ2) is 10.5. The summed E-state index contributed by atoms with van der Waals surface area (Å²) in [5.74, 6) is 1.71. The minimum atomic E-state index is -3.05. The molecule has 2 aromatic rings. The number of sulfone groups is 1. The standard InChI is InChI=1S/C23H29NO5S/c1-28-21-9-11-22(12-10-21)29-16-5-8-23(25)24(20-14-17-30(26,27)18-20)15-13-19-6-3-2-4-7-19/h2-4,6-7,9-12,20H,5,8,13-18H2,1H3/t20-/m1/s1. The summed E-state index contributed by atoms with van der Waals surface area (Å²) in [6, 6.07) is 17.0. The van der Waals surface area contributed by atoms with Crippen LogP contribution in [0.3, 0.4) is 0 Å². The number of ether oxygens (including phenoxy) is 2. The Morgan fingerprint density at radius 3 is 2.40 bits per heavy atom. The van der Waals surface area contributed by atoms with Crippen LogP contribution >= 0.6 is 0 Å². The highest BCUT2D eigenvalue weighted by Gasteiger charge is 2.34. The molecule has 1 fully saturated rings. The van der Waals surface area contributed by atoms with Gasteiger partial charge in [0.05, 0.1) is 25.2 Å². The van der Waals surface area contributed by atoms with Crippen LogP contribution in [-0.2, 0) is 21.1 Å². The summed E-state index contributed by atoms with van der Waals surface area (Å²) in [6.07, 6.45) is 2.14. The molecular formula is C23H29NO5S. The largest absolute Gasteiger partial charge is 0.497 e. The molecule has 1 saturated heterocycles. The Bertz CT molecular complexity index is 912. The number of hydrogen-bond acceptors (Lipinski definition) is 5. The number of nitrogens with zero attached hydrogens (tertiary/aromatic N) is 1. The lowest BCUT2D eigenvalue weighted by Gasteiger charge is -2.28. The molecule has 0 bridgehead atoms. The zero-order chi connectivity index (χ0) is 21.4. The fraction of sp³-hybridized carbons (Fsp3) is 0.435. The molecule has 0 saturated carbocycles. The summed E-state index contributed by atoms with van der Waals surface area (Å²) in [4.78, 5) is 14.7. The van der Waals surface area contributed by atoms with Crippen molar-refractivity contribution >= 4 is 15.7 Å². The zero-order valence-electron chi connectivity index (χ0n) is 17.3. The van der Waals surface area contributed by atoms with Crippen LogP contribution in [0.2, 0.25) is 0 Å². The van der Waals surface area contributed by atoms with E-state index >= 15 is 0 Å². The van der Waals surface area contributed by atoms with Crippen molar-refractivity contribution in [3.8, 4) is 11.5 Å². The number of carbonyl (C=O) groups excluding carboxylic acids is 1. The molecule has 0 aliphatic carbocycles. The summed E-state index contributed by atoms with van der Waals surface area (Å²) >= 11 is 0. The van der Waals surface area contributed by atoms with Crippen LogP contribution in [0.15, 0.2) is 54.6 Å². The highest BCUT2D eigenvalue weighted by molar-refractivity contribution is 7.91. The van der Waals surface area contributed by atoms with Crippen LogP contribution in [0.4, 0.5) is 0 Å². The van der Waals surface area contributed by atoms with Gasteiger partial charge < -0.3 is 14.4 Å². The van der Waals surface area contributed by atoms with E-state index in [1.807, 2.05) is 54.6 Å². The third-order valence-corrected chi connectivity index (χ3v) is 7.07. The second-order valence-corrected chi connectivity index (χ2v) is 9.74. The average molecular weight is 432 g/mol. The fourth-order valence-corrected chi connectivity index (χ4v) is 5.39. The van der Waals surface area contributed by atoms with E-state index < -0.39 is 9.84 Å². The normalized spacial score (nSPS) is 17.4. The van der Waals surface area contributed by atoms with Crippen molar-refractivity contribution < 1.29 is 22.7 Å². The van der Waals surface area contributed by atoms with E-state index in [1.165, 1.54) is 0 Å². The third kappa shape index (κ3) is 6.49. The number of carbonyl (C=O) groups is 1. The van der Waals surface area contributed by atoms with Gasteiger partial charge >= 0.3 is 0 Å². The van der Waals surface area contributed by atoms with Crippen molar-refractivity contribution in [3.05, 3.63) is 60.2 Å². The molecule has 1 aliphatic heterocycles. The summed E-state index contributed by atoms with van der Waals surface area (Å²) < 4.78 is 34.7. The Kier molecular flexibility index (Phi) is 7.74. The van der Waals surface area contributed by atoms with Crippen molar-refractivity contribution in [1.82, 2.24) is 4.90 Å². The molecule has 3 rings (SSSR count). The van der Waals surface area contributed by atoms with Gasteiger partial charge in [0.15, 0.2) is 9.84 Å². The molecule has 0 unspecified atom stereocenters. The van der Waals surface area contributed by atoms with Gasteiger partial charge in [-0.2, -0.15) is 0 Å². The van der Waals surface area contributed by atoms with Gasteiger partial charge in [0.2, 0.25) is 5.91 Å². The van der Waals surface area contributed by atoms with Gasteiger partial charge in [-0.1, -0.05) is 30.3 Å². The van der Waals surface area contributed by atoms with Gasteiger partial charge in [0, 0.05) is 19.0 Å². The summed E-state index contributed by atoms with van der Waals surface area (Å²) in [5, 5.41) is 0. The van der Waals surface area contributed by atoms with Crippen molar-refractivity contribution in [2.24, 2.45) is 0 Å². The number of methoxy groups -OCH3 is 1. The number of benzene rings is 2. The van der Waals surface area contributed by atoms with Crippen LogP contribution in [0, 0.1) is 0 Å². The van der Waals surface area contributed by atoms with Crippen molar-refractivity contribution in [2.75, 3.05) is 31.8 Å². The quantitative estimate of drug-likeness (QED) is 0.541. The van der Waals surface area contributed by atoms with E-state index in [1.54, 1.807) is 12.0 Å². The lowest BCUT2D eigenvalue weighted by molar-refractivity contribution is -0.133. The molecule has 0 radical (unpaired) electrons. The first-order chi connectivity index (χ1) is 14.5. The van der Waals surface area contributed by atoms with Crippen molar-refractivity contribution in [2.45, 2.75) is 31.7 Å². The minimum Gasteiger partial charge on any atom is -0.497 e. The second-order valence-electron chi connectivity index (χ2n) is 7.51. The average Bonchev–Trinajstić information content (AvgIpc) is 3.12. The van der Waals surface area contributed by atoms with Crippen LogP contribution in [0.25, 0.3) is 0 Å². The molecule has 1 aliphatic rings. The van der Waals surface area contributed by atoms with Gasteiger partial charge in [0.1, 0.15) is 11.5 Å². The first-order valence-corrected chi connectivity index (χ1v) is 12.1. The van der Waals surface area contributed by atoms with E-state index in [0.29, 0.717) is 38.8 Å². The van der Waals surface area contributed by atoms with Crippen molar-refractivity contribution in [3.63, 3.8) is 0 Å². The molecule has 2 aromatic carbocycles. The first-order valence-electron chi connectivity index (χ1n) is 10.3. The maximum absolute atomic E-state index is 12.9. The van der Waals surface area contributed by atoms with E-state index in [4.69, 9.17) is 9.47 Å². The Labute approximate surface area is 178 Å². The third-order valence-electron chi connectivity index (χ3n) is 5.32. The highest BCUT2D eigenvalue weighted by Crippen LogP contribution is 2.20. The summed E-state index contributed by atoms with van der Waals surface area (Å²) in [5.41, 5.74) is 1.14. The van der Waals surface area contributed by atoms with Crippen LogP contribution in [0.5, 0.6) is 11.5 Å². The molecule has 6 nitrogen and oxygen atoms in total. The van der Waals surface area contributed by atoms with E-state index in [-0.39, 0.29) is 23.5 Å². The maximum atomic E-state index is 12.9. The fourth-order valence-electron chi connectivity index (χ4n) is 3.66. The van der Waals surface area contributed by atoms with Gasteiger partial charge in [-0.3, -0.25) is 4.79 Å². The maximum Gasteiger partial charge on any atom is 0.222 e. The van der Waals surface area contributed by atoms with Gasteiger partial charge in [-0.15, -0.1) is 0 Å². The van der Waals surface area contributed by atoms with Crippen molar-refractivity contribution in [1.29, 1.82) is 0 Å². The topological polar surface area (TPSA) is 72.9 Å². The highest BCUT2D eigenvalue weighted by atomic mass is 32.2. The zero-order valence-corrected chi connectivity index (χ0v) is 18.1. The van der Waals surface area contributed by atoms with Gasteiger partial charge in [-0.05, 0) is 49.1 Å². The van der Waals surface area contributed by atoms with E-state index in [2.05, 4.69) is 0 Å². The molecule has 0 spiro atoms. The smallest absolute Gasteiger partial charge is 0.222 e. The molecule has 0 aromatic heterocycles. The van der Waals surface area contributed by atoms with Gasteiger partial charge in [0.25, 0.3) is 0 Å². The lowest BCUT2D eigenvalue weighted by atomic mass is 10.1. The number of hydrogen-bond donors (Lipinski definition) is 0. The summed E-state index contributed by atoms with van der Waals surface area (Å²) in [7, 11) is -1.44. The van der Waals surface area contributed by atoms with Crippen LogP contribution in [-0.4, -0.2) is 57.0 Å². The first kappa shape index (κ1) is 22.2. The molecule has 7 heteroatoms. The molecular weight excluding hydrogens is 402 g/mol. The molecule has 1 amide bonds. The minimum absolute atomic E-state index is 0.00800. The monoisotopic (exact) mass is 431 g/mol. The molecule has 1 atom stereocenters. The predicted molar refractivity (Wildman–Crippen MR) is 117 cm³/mol. The molecule has 1 heterocycles. The Hall–Kier alpha value is -2.54. The van der Waals surface area contributed by atoms with Crippen LogP contribution in [0.1, 0.15) is 24.8 Å². The number of amides is 1. The number of rotatable bonds is 10. The van der Waals surface area contributed by atoms with Gasteiger partial charge in [-0.25, -0.2) is 8.42 Å². The molecule has 162 valence electrons. The lowest BCUT2D eigenvalue weighted by Crippen LogP contribution is -2.42. The summed E-state index contributed by atoms with van der Waals surface area (Å²) in [6.45, 7) is 0.954. The van der Waals surface area contributed by atoms with Crippen LogP contribution < -0.4 is 9.47 Å². The molecule has 0 N–H and O–H groups in total. The Balaban J connectivity index is 1.52. The Morgan fingerprint density at radius 1 is 1.07 bits per heavy atom. The van der Waals surface area contributed by atoms with E-state index in [0.717, 1.165) is 17.1 Å².